The number of benzene rings is 2. The fourth-order valence-corrected chi connectivity index (χ4v) is 7.51. The van der Waals surface area contributed by atoms with Crippen molar-refractivity contribution in [2.24, 2.45) is 11.3 Å². The molecule has 4 N–H and O–H groups in total. The molecule has 1 fully saturated rings. The number of hydrogen-bond acceptors (Lipinski definition) is 10. The number of aryl methyl sites for hydroxylation is 1. The van der Waals surface area contributed by atoms with Crippen LogP contribution in [0.2, 0.25) is 0 Å². The number of pyridine rings is 1. The van der Waals surface area contributed by atoms with Gasteiger partial charge in [-0.15, -0.1) is 0 Å². The van der Waals surface area contributed by atoms with E-state index in [1.54, 1.807) is 42.7 Å². The van der Waals surface area contributed by atoms with E-state index in [0.29, 0.717) is 31.6 Å². The van der Waals surface area contributed by atoms with Gasteiger partial charge >= 0.3 is 12.1 Å². The quantitative estimate of drug-likeness (QED) is 0.137. The van der Waals surface area contributed by atoms with Crippen LogP contribution in [0.15, 0.2) is 77.7 Å². The third-order valence-electron chi connectivity index (χ3n) is 10.3. The first-order chi connectivity index (χ1) is 27.3. The Hall–Kier alpha value is -5.06. The molecule has 0 spiro atoms. The van der Waals surface area contributed by atoms with E-state index in [-0.39, 0.29) is 36.4 Å². The number of ether oxygens (including phenoxy) is 1. The molecule has 2 aromatic carbocycles. The fraction of sp³-hybridized carbons (Fsp3) is 0.500. The highest BCUT2D eigenvalue weighted by Gasteiger charge is 2.41. The summed E-state index contributed by atoms with van der Waals surface area (Å²) in [5, 5.41) is 19.2. The zero-order valence-corrected chi connectivity index (χ0v) is 35.6. The van der Waals surface area contributed by atoms with E-state index in [1.165, 1.54) is 24.3 Å². The molecule has 1 aliphatic rings. The Morgan fingerprint density at radius 3 is 2.21 bits per heavy atom. The number of nitrogens with one attached hydrogen (secondary N) is 3. The zero-order chi connectivity index (χ0) is 42.8. The largest absolute Gasteiger partial charge is 0.453 e. The number of alkyl carbamates (subject to hydrolysis) is 1. The lowest BCUT2D eigenvalue weighted by molar-refractivity contribution is -0.132. The first-order valence-electron chi connectivity index (χ1n) is 19.5. The highest BCUT2D eigenvalue weighted by atomic mass is 32.2. The van der Waals surface area contributed by atoms with Crippen molar-refractivity contribution in [1.29, 1.82) is 0 Å². The number of urea groups is 1. The molecule has 1 aromatic heterocycles. The molecule has 0 saturated carbocycles. The van der Waals surface area contributed by atoms with E-state index in [2.05, 4.69) is 21.0 Å². The van der Waals surface area contributed by atoms with E-state index in [9.17, 15) is 32.7 Å². The van der Waals surface area contributed by atoms with Gasteiger partial charge in [-0.1, -0.05) is 89.6 Å². The number of amides is 5. The molecule has 5 unspecified atom stereocenters. The van der Waals surface area contributed by atoms with E-state index < -0.39 is 57.4 Å². The standard InChI is InChI=1S/C42H59N7O8S/c1-9-28(2)36(49-23-22-47(41(49)54)26-32-17-13-14-29(3)43-32)38(51)44-34(24-30-15-11-10-12-16-30)35(50)27-48(25-31-18-20-33(21-19-31)58(8,55)56)46-39(52)37(42(4,5)6)45-40(53)57-7/h10-21,28,34-37,50H,9,22-27H2,1-8H3,(H,44,51)(H,45,53)(H,46,52). The summed E-state index contributed by atoms with van der Waals surface area (Å²) in [6.45, 7) is 12.0. The summed E-state index contributed by atoms with van der Waals surface area (Å²) >= 11 is 0. The number of hydrazine groups is 1. The minimum atomic E-state index is -3.47. The van der Waals surface area contributed by atoms with Crippen LogP contribution >= 0.6 is 0 Å². The van der Waals surface area contributed by atoms with Gasteiger partial charge in [0.1, 0.15) is 12.1 Å². The van der Waals surface area contributed by atoms with Gasteiger partial charge in [-0.3, -0.25) is 20.0 Å². The van der Waals surface area contributed by atoms with Crippen molar-refractivity contribution < 1.29 is 37.4 Å². The van der Waals surface area contributed by atoms with E-state index in [1.807, 2.05) is 69.3 Å². The first kappa shape index (κ1) is 45.6. The summed E-state index contributed by atoms with van der Waals surface area (Å²) in [7, 11) is -2.27. The average Bonchev–Trinajstić information content (AvgIpc) is 3.51. The van der Waals surface area contributed by atoms with Gasteiger partial charge < -0.3 is 30.3 Å². The van der Waals surface area contributed by atoms with Gasteiger partial charge in [-0.05, 0) is 60.1 Å². The molecule has 4 rings (SSSR count). The maximum Gasteiger partial charge on any atom is 0.407 e. The predicted molar refractivity (Wildman–Crippen MR) is 220 cm³/mol. The van der Waals surface area contributed by atoms with Gasteiger partial charge in [0.15, 0.2) is 9.84 Å². The number of aliphatic hydroxyl groups excluding tert-OH is 1. The van der Waals surface area contributed by atoms with Crippen LogP contribution in [-0.2, 0) is 43.7 Å². The summed E-state index contributed by atoms with van der Waals surface area (Å²) in [6, 6.07) is 18.1. The van der Waals surface area contributed by atoms with E-state index in [0.717, 1.165) is 23.2 Å². The maximum absolute atomic E-state index is 14.5. The molecule has 0 aliphatic carbocycles. The summed E-state index contributed by atoms with van der Waals surface area (Å²) in [6.07, 6.45) is -0.139. The second-order valence-corrected chi connectivity index (χ2v) is 18.1. The van der Waals surface area contributed by atoms with Crippen LogP contribution in [0.4, 0.5) is 9.59 Å². The highest BCUT2D eigenvalue weighted by Crippen LogP contribution is 2.24. The molecule has 0 radical (unpaired) electrons. The minimum absolute atomic E-state index is 0.0251. The SMILES string of the molecule is CCC(C)C(C(=O)NC(Cc1ccccc1)C(O)CN(Cc1ccc(S(C)(=O)=O)cc1)NC(=O)C(NC(=O)OC)C(C)(C)C)N1CCN(Cc2cccc(C)n2)C1=O. The molecule has 16 heteroatoms. The molecule has 2 heterocycles. The maximum atomic E-state index is 14.5. The Labute approximate surface area is 342 Å². The number of aliphatic hydroxyl groups is 1. The molecular formula is C42H59N7O8S. The van der Waals surface area contributed by atoms with Crippen LogP contribution in [0.5, 0.6) is 0 Å². The number of carbonyl (C=O) groups excluding carboxylic acids is 4. The van der Waals surface area contributed by atoms with Crippen molar-refractivity contribution in [3.63, 3.8) is 0 Å². The number of carbonyl (C=O) groups is 4. The first-order valence-corrected chi connectivity index (χ1v) is 21.4. The van der Waals surface area contributed by atoms with Gasteiger partial charge in [0, 0.05) is 38.1 Å². The zero-order valence-electron chi connectivity index (χ0n) is 34.8. The van der Waals surface area contributed by atoms with Gasteiger partial charge in [-0.2, -0.15) is 0 Å². The summed E-state index contributed by atoms with van der Waals surface area (Å²) in [5.41, 5.74) is 5.14. The Kier molecular flexibility index (Phi) is 15.8. The monoisotopic (exact) mass is 821 g/mol. The third kappa shape index (κ3) is 12.7. The Bertz CT molecular complexity index is 1970. The molecule has 15 nitrogen and oxygen atoms in total. The van der Waals surface area contributed by atoms with Crippen molar-refractivity contribution in [3.8, 4) is 0 Å². The number of aromatic nitrogens is 1. The lowest BCUT2D eigenvalue weighted by atomic mass is 9.86. The van der Waals surface area contributed by atoms with Crippen molar-refractivity contribution >= 4 is 33.8 Å². The normalized spacial score (nSPS) is 16.0. The van der Waals surface area contributed by atoms with Crippen LogP contribution < -0.4 is 16.1 Å². The van der Waals surface area contributed by atoms with Crippen LogP contribution in [-0.4, -0.2) is 114 Å². The average molecular weight is 822 g/mol. The van der Waals surface area contributed by atoms with Gasteiger partial charge in [-0.25, -0.2) is 23.0 Å². The molecule has 5 atom stereocenters. The van der Waals surface area contributed by atoms with Crippen molar-refractivity contribution in [1.82, 2.24) is 35.9 Å². The number of rotatable bonds is 18. The number of hydrogen-bond donors (Lipinski definition) is 4. The lowest BCUT2D eigenvalue weighted by Gasteiger charge is -2.36. The Balaban J connectivity index is 1.63. The summed E-state index contributed by atoms with van der Waals surface area (Å²) in [5.74, 6) is -1.23. The fourth-order valence-electron chi connectivity index (χ4n) is 6.88. The molecular weight excluding hydrogens is 763 g/mol. The van der Waals surface area contributed by atoms with Crippen LogP contribution in [0.3, 0.4) is 0 Å². The number of methoxy groups -OCH3 is 1. The number of nitrogens with zero attached hydrogens (tertiary/aromatic N) is 4. The topological polar surface area (TPSA) is 191 Å². The second-order valence-electron chi connectivity index (χ2n) is 16.1. The van der Waals surface area contributed by atoms with Crippen LogP contribution in [0, 0.1) is 18.3 Å². The minimum Gasteiger partial charge on any atom is -0.453 e. The highest BCUT2D eigenvalue weighted by molar-refractivity contribution is 7.90. The van der Waals surface area contributed by atoms with Gasteiger partial charge in [0.2, 0.25) is 5.91 Å². The van der Waals surface area contributed by atoms with Crippen LogP contribution in [0.1, 0.15) is 63.6 Å². The predicted octanol–water partition coefficient (Wildman–Crippen LogP) is 3.84. The second kappa shape index (κ2) is 20.1. The van der Waals surface area contributed by atoms with Crippen molar-refractivity contribution in [3.05, 3.63) is 95.3 Å². The third-order valence-corrected chi connectivity index (χ3v) is 11.4. The molecule has 3 aromatic rings. The Morgan fingerprint density at radius 2 is 1.62 bits per heavy atom. The molecule has 1 saturated heterocycles. The number of sulfone groups is 1. The van der Waals surface area contributed by atoms with E-state index >= 15 is 0 Å². The molecule has 1 aliphatic heterocycles. The van der Waals surface area contributed by atoms with Gasteiger partial charge in [0.05, 0.1) is 36.4 Å². The smallest absolute Gasteiger partial charge is 0.407 e. The van der Waals surface area contributed by atoms with Crippen molar-refractivity contribution in [2.75, 3.05) is 33.0 Å². The molecule has 5 amide bonds. The van der Waals surface area contributed by atoms with E-state index in [4.69, 9.17) is 4.74 Å². The Morgan fingerprint density at radius 1 is 0.948 bits per heavy atom. The van der Waals surface area contributed by atoms with Crippen molar-refractivity contribution in [2.45, 2.75) is 96.6 Å². The molecule has 316 valence electrons. The molecule has 58 heavy (non-hydrogen) atoms. The summed E-state index contributed by atoms with van der Waals surface area (Å²) < 4.78 is 29.1. The lowest BCUT2D eigenvalue weighted by Crippen LogP contribution is -2.60. The van der Waals surface area contributed by atoms with Gasteiger partial charge in [0.25, 0.3) is 5.91 Å². The molecule has 0 bridgehead atoms. The summed E-state index contributed by atoms with van der Waals surface area (Å²) in [4.78, 5) is 62.4. The van der Waals surface area contributed by atoms with Crippen LogP contribution in [0.25, 0.3) is 0 Å².